The van der Waals surface area contributed by atoms with Gasteiger partial charge < -0.3 is 10.1 Å². The second kappa shape index (κ2) is 7.01. The molecule has 0 saturated heterocycles. The SMILES string of the molecule is C=CCOc1ccncc1CNCCC. The Morgan fingerprint density at radius 2 is 2.47 bits per heavy atom. The van der Waals surface area contributed by atoms with Gasteiger partial charge in [-0.25, -0.2) is 0 Å². The lowest BCUT2D eigenvalue weighted by molar-refractivity contribution is 0.357. The van der Waals surface area contributed by atoms with Crippen LogP contribution in [0.1, 0.15) is 18.9 Å². The summed E-state index contributed by atoms with van der Waals surface area (Å²) in [5.74, 6) is 0.883. The third kappa shape index (κ3) is 4.13. The molecule has 1 aromatic rings. The van der Waals surface area contributed by atoms with Gasteiger partial charge in [0.1, 0.15) is 12.4 Å². The minimum absolute atomic E-state index is 0.533. The van der Waals surface area contributed by atoms with Crippen LogP contribution in [0.4, 0.5) is 0 Å². The monoisotopic (exact) mass is 206 g/mol. The third-order valence-corrected chi connectivity index (χ3v) is 1.96. The van der Waals surface area contributed by atoms with E-state index in [0.29, 0.717) is 6.61 Å². The summed E-state index contributed by atoms with van der Waals surface area (Å²) in [5.41, 5.74) is 1.09. The highest BCUT2D eigenvalue weighted by Gasteiger charge is 2.01. The summed E-state index contributed by atoms with van der Waals surface area (Å²) in [6.07, 6.45) is 6.44. The quantitative estimate of drug-likeness (QED) is 0.548. The number of hydrogen-bond donors (Lipinski definition) is 1. The zero-order valence-electron chi connectivity index (χ0n) is 9.20. The molecule has 0 aliphatic rings. The van der Waals surface area contributed by atoms with E-state index in [9.17, 15) is 0 Å². The van der Waals surface area contributed by atoms with Crippen LogP contribution in [-0.2, 0) is 6.54 Å². The van der Waals surface area contributed by atoms with E-state index in [1.165, 1.54) is 0 Å². The molecular weight excluding hydrogens is 188 g/mol. The molecule has 3 heteroatoms. The van der Waals surface area contributed by atoms with E-state index in [2.05, 4.69) is 23.8 Å². The van der Waals surface area contributed by atoms with E-state index in [1.807, 2.05) is 12.3 Å². The topological polar surface area (TPSA) is 34.1 Å². The van der Waals surface area contributed by atoms with Gasteiger partial charge in [0.25, 0.3) is 0 Å². The lowest BCUT2D eigenvalue weighted by atomic mass is 10.2. The van der Waals surface area contributed by atoms with Crippen LogP contribution < -0.4 is 10.1 Å². The van der Waals surface area contributed by atoms with Gasteiger partial charge in [0.2, 0.25) is 0 Å². The van der Waals surface area contributed by atoms with E-state index < -0.39 is 0 Å². The number of hydrogen-bond acceptors (Lipinski definition) is 3. The van der Waals surface area contributed by atoms with Crippen molar-refractivity contribution < 1.29 is 4.74 Å². The first-order valence-electron chi connectivity index (χ1n) is 5.25. The lowest BCUT2D eigenvalue weighted by Crippen LogP contribution is -2.14. The normalized spacial score (nSPS) is 9.93. The molecule has 0 radical (unpaired) electrons. The molecular formula is C12H18N2O. The van der Waals surface area contributed by atoms with Crippen molar-refractivity contribution >= 4 is 0 Å². The summed E-state index contributed by atoms with van der Waals surface area (Å²) in [6, 6.07) is 1.88. The third-order valence-electron chi connectivity index (χ3n) is 1.96. The predicted octanol–water partition coefficient (Wildman–Crippen LogP) is 2.15. The van der Waals surface area contributed by atoms with Crippen LogP contribution in [0.3, 0.4) is 0 Å². The average molecular weight is 206 g/mol. The van der Waals surface area contributed by atoms with Crippen molar-refractivity contribution in [2.75, 3.05) is 13.2 Å². The maximum atomic E-state index is 5.52. The highest BCUT2D eigenvalue weighted by molar-refractivity contribution is 5.30. The molecule has 0 saturated carbocycles. The number of nitrogens with zero attached hydrogens (tertiary/aromatic N) is 1. The van der Waals surface area contributed by atoms with Crippen molar-refractivity contribution in [3.05, 3.63) is 36.7 Å². The second-order valence-electron chi connectivity index (χ2n) is 3.26. The molecule has 1 aromatic heterocycles. The standard InChI is InChI=1S/C12H18N2O/c1-3-6-13-9-11-10-14-7-5-12(11)15-8-4-2/h4-5,7,10,13H,2-3,6,8-9H2,1H3. The fourth-order valence-corrected chi connectivity index (χ4v) is 1.24. The molecule has 0 bridgehead atoms. The molecule has 15 heavy (non-hydrogen) atoms. The van der Waals surface area contributed by atoms with Crippen molar-refractivity contribution in [3.63, 3.8) is 0 Å². The molecule has 0 amide bonds. The number of aromatic nitrogens is 1. The van der Waals surface area contributed by atoms with Crippen LogP contribution in [0.15, 0.2) is 31.1 Å². The molecule has 0 atom stereocenters. The van der Waals surface area contributed by atoms with Gasteiger partial charge >= 0.3 is 0 Å². The van der Waals surface area contributed by atoms with E-state index in [4.69, 9.17) is 4.74 Å². The Labute approximate surface area is 91.2 Å². The van der Waals surface area contributed by atoms with Crippen LogP contribution in [0.25, 0.3) is 0 Å². The summed E-state index contributed by atoms with van der Waals surface area (Å²) in [4.78, 5) is 4.09. The molecule has 3 nitrogen and oxygen atoms in total. The van der Waals surface area contributed by atoms with E-state index in [0.717, 1.165) is 30.8 Å². The fraction of sp³-hybridized carbons (Fsp3) is 0.417. The Hall–Kier alpha value is -1.35. The summed E-state index contributed by atoms with van der Waals surface area (Å²) in [5, 5.41) is 3.32. The van der Waals surface area contributed by atoms with Crippen molar-refractivity contribution in [2.45, 2.75) is 19.9 Å². The van der Waals surface area contributed by atoms with Gasteiger partial charge in [0, 0.05) is 24.5 Å². The maximum absolute atomic E-state index is 5.52. The van der Waals surface area contributed by atoms with Crippen molar-refractivity contribution in [1.82, 2.24) is 10.3 Å². The Morgan fingerprint density at radius 3 is 3.20 bits per heavy atom. The Kier molecular flexibility index (Phi) is 5.48. The van der Waals surface area contributed by atoms with Gasteiger partial charge in [-0.3, -0.25) is 4.98 Å². The number of pyridine rings is 1. The Bertz CT molecular complexity index is 299. The highest BCUT2D eigenvalue weighted by atomic mass is 16.5. The molecule has 0 aliphatic carbocycles. The minimum Gasteiger partial charge on any atom is -0.489 e. The first kappa shape index (κ1) is 11.7. The smallest absolute Gasteiger partial charge is 0.127 e. The van der Waals surface area contributed by atoms with Crippen molar-refractivity contribution in [2.24, 2.45) is 0 Å². The Morgan fingerprint density at radius 1 is 1.60 bits per heavy atom. The minimum atomic E-state index is 0.533. The van der Waals surface area contributed by atoms with Crippen LogP contribution in [0.2, 0.25) is 0 Å². The van der Waals surface area contributed by atoms with Gasteiger partial charge in [-0.2, -0.15) is 0 Å². The van der Waals surface area contributed by atoms with Crippen LogP contribution in [0, 0.1) is 0 Å². The van der Waals surface area contributed by atoms with Gasteiger partial charge in [-0.1, -0.05) is 19.6 Å². The molecule has 0 aromatic carbocycles. The van der Waals surface area contributed by atoms with Gasteiger partial charge in [0.15, 0.2) is 0 Å². The summed E-state index contributed by atoms with van der Waals surface area (Å²) in [6.45, 7) is 8.11. The van der Waals surface area contributed by atoms with Gasteiger partial charge in [-0.15, -0.1) is 0 Å². The maximum Gasteiger partial charge on any atom is 0.127 e. The average Bonchev–Trinajstić information content (AvgIpc) is 2.28. The molecule has 1 N–H and O–H groups in total. The zero-order chi connectivity index (χ0) is 10.9. The van der Waals surface area contributed by atoms with E-state index in [-0.39, 0.29) is 0 Å². The van der Waals surface area contributed by atoms with Crippen molar-refractivity contribution in [3.8, 4) is 5.75 Å². The first-order chi connectivity index (χ1) is 7.38. The van der Waals surface area contributed by atoms with E-state index in [1.54, 1.807) is 12.3 Å². The number of nitrogens with one attached hydrogen (secondary N) is 1. The van der Waals surface area contributed by atoms with Crippen LogP contribution in [0.5, 0.6) is 5.75 Å². The molecule has 82 valence electrons. The largest absolute Gasteiger partial charge is 0.489 e. The van der Waals surface area contributed by atoms with Crippen molar-refractivity contribution in [1.29, 1.82) is 0 Å². The lowest BCUT2D eigenvalue weighted by Gasteiger charge is -2.09. The molecule has 0 fully saturated rings. The Balaban J connectivity index is 2.55. The van der Waals surface area contributed by atoms with Gasteiger partial charge in [-0.05, 0) is 19.0 Å². The number of rotatable bonds is 7. The molecule has 0 aliphatic heterocycles. The molecule has 0 unspecified atom stereocenters. The molecule has 1 heterocycles. The zero-order valence-corrected chi connectivity index (χ0v) is 9.20. The highest BCUT2D eigenvalue weighted by Crippen LogP contribution is 2.16. The van der Waals surface area contributed by atoms with Crippen LogP contribution >= 0.6 is 0 Å². The van der Waals surface area contributed by atoms with E-state index >= 15 is 0 Å². The summed E-state index contributed by atoms with van der Waals surface area (Å²) < 4.78 is 5.52. The molecule has 0 spiro atoms. The fourth-order valence-electron chi connectivity index (χ4n) is 1.24. The first-order valence-corrected chi connectivity index (χ1v) is 5.25. The number of ether oxygens (including phenoxy) is 1. The summed E-state index contributed by atoms with van der Waals surface area (Å²) in [7, 11) is 0. The second-order valence-corrected chi connectivity index (χ2v) is 3.26. The summed E-state index contributed by atoms with van der Waals surface area (Å²) >= 11 is 0. The predicted molar refractivity (Wildman–Crippen MR) is 61.9 cm³/mol. The van der Waals surface area contributed by atoms with Crippen LogP contribution in [-0.4, -0.2) is 18.1 Å². The molecule has 1 rings (SSSR count). The van der Waals surface area contributed by atoms with Gasteiger partial charge in [0.05, 0.1) is 0 Å².